The molecule has 2 amide bonds. The molecule has 1 saturated heterocycles. The maximum absolute atomic E-state index is 12.7. The number of aryl methyl sites for hydroxylation is 3. The van der Waals surface area contributed by atoms with Crippen molar-refractivity contribution < 1.29 is 4.79 Å². The largest absolute Gasteiger partial charge is 0.323 e. The van der Waals surface area contributed by atoms with E-state index in [2.05, 4.69) is 37.4 Å². The Morgan fingerprint density at radius 3 is 2.48 bits per heavy atom. The summed E-state index contributed by atoms with van der Waals surface area (Å²) in [5.41, 5.74) is 5.77. The number of urea groups is 1. The first-order chi connectivity index (χ1) is 11.0. The van der Waals surface area contributed by atoms with E-state index in [0.29, 0.717) is 0 Å². The van der Waals surface area contributed by atoms with Crippen LogP contribution in [-0.2, 0) is 0 Å². The fourth-order valence-corrected chi connectivity index (χ4v) is 4.22. The van der Waals surface area contributed by atoms with E-state index in [0.717, 1.165) is 18.0 Å². The third-order valence-corrected chi connectivity index (χ3v) is 5.39. The zero-order valence-electron chi connectivity index (χ0n) is 13.8. The minimum Gasteiger partial charge on any atom is -0.308 e. The molecule has 2 aromatic rings. The Hall–Kier alpha value is -1.94. The minimum absolute atomic E-state index is 0.0242. The summed E-state index contributed by atoms with van der Waals surface area (Å²) in [7, 11) is 0. The summed E-state index contributed by atoms with van der Waals surface area (Å²) in [6.45, 7) is 7.04. The van der Waals surface area contributed by atoms with E-state index in [9.17, 15) is 4.79 Å². The third kappa shape index (κ3) is 3.53. The van der Waals surface area contributed by atoms with Gasteiger partial charge in [-0.3, -0.25) is 0 Å². The van der Waals surface area contributed by atoms with Gasteiger partial charge in [-0.05, 0) is 44.0 Å². The fraction of sp³-hybridized carbons (Fsp3) is 0.316. The normalized spacial score (nSPS) is 17.3. The molecule has 1 aliphatic rings. The minimum atomic E-state index is -0.0242. The van der Waals surface area contributed by atoms with Gasteiger partial charge in [-0.2, -0.15) is 0 Å². The van der Waals surface area contributed by atoms with Crippen LogP contribution in [0.1, 0.15) is 27.6 Å². The molecule has 3 rings (SSSR count). The molecule has 2 aromatic carbocycles. The quantitative estimate of drug-likeness (QED) is 0.852. The van der Waals surface area contributed by atoms with Crippen molar-refractivity contribution >= 4 is 23.5 Å². The van der Waals surface area contributed by atoms with Crippen LogP contribution >= 0.6 is 11.8 Å². The molecule has 1 atom stereocenters. The number of benzene rings is 2. The van der Waals surface area contributed by atoms with Gasteiger partial charge in [-0.25, -0.2) is 4.79 Å². The number of hydrogen-bond donors (Lipinski definition) is 1. The molecule has 1 aliphatic heterocycles. The van der Waals surface area contributed by atoms with Crippen molar-refractivity contribution in [3.63, 3.8) is 0 Å². The number of nitrogens with zero attached hydrogens (tertiary/aromatic N) is 1. The molecule has 0 saturated carbocycles. The second-order valence-electron chi connectivity index (χ2n) is 6.07. The average molecular weight is 326 g/mol. The smallest absolute Gasteiger partial charge is 0.308 e. The Morgan fingerprint density at radius 2 is 1.78 bits per heavy atom. The molecule has 4 heteroatoms. The number of thioether (sulfide) groups is 1. The molecular weight excluding hydrogens is 304 g/mol. The number of carbonyl (C=O) groups excluding carboxylic acids is 1. The van der Waals surface area contributed by atoms with Crippen molar-refractivity contribution in [2.75, 3.05) is 17.6 Å². The van der Waals surface area contributed by atoms with Crippen LogP contribution in [0.25, 0.3) is 0 Å². The van der Waals surface area contributed by atoms with Crippen molar-refractivity contribution in [3.8, 4) is 0 Å². The van der Waals surface area contributed by atoms with Crippen molar-refractivity contribution in [1.29, 1.82) is 0 Å². The highest BCUT2D eigenvalue weighted by molar-refractivity contribution is 7.99. The van der Waals surface area contributed by atoms with Gasteiger partial charge in [0.05, 0.1) is 0 Å². The van der Waals surface area contributed by atoms with E-state index in [-0.39, 0.29) is 11.4 Å². The van der Waals surface area contributed by atoms with Crippen molar-refractivity contribution in [1.82, 2.24) is 4.90 Å². The first-order valence-corrected chi connectivity index (χ1v) is 8.92. The molecule has 3 nitrogen and oxygen atoms in total. The van der Waals surface area contributed by atoms with Crippen LogP contribution in [0.3, 0.4) is 0 Å². The topological polar surface area (TPSA) is 32.3 Å². The van der Waals surface area contributed by atoms with Crippen LogP contribution in [0.2, 0.25) is 0 Å². The van der Waals surface area contributed by atoms with Crippen LogP contribution in [0, 0.1) is 20.8 Å². The second-order valence-corrected chi connectivity index (χ2v) is 7.26. The number of amides is 2. The molecule has 0 radical (unpaired) electrons. The second kappa shape index (κ2) is 6.67. The van der Waals surface area contributed by atoms with Gasteiger partial charge in [0.2, 0.25) is 0 Å². The number of nitrogens with one attached hydrogen (secondary N) is 1. The van der Waals surface area contributed by atoms with Crippen LogP contribution in [0.5, 0.6) is 0 Å². The van der Waals surface area contributed by atoms with Crippen LogP contribution in [-0.4, -0.2) is 23.2 Å². The highest BCUT2D eigenvalue weighted by atomic mass is 32.2. The van der Waals surface area contributed by atoms with Gasteiger partial charge >= 0.3 is 6.03 Å². The summed E-state index contributed by atoms with van der Waals surface area (Å²) in [5.74, 6) is 0.972. The van der Waals surface area contributed by atoms with E-state index in [4.69, 9.17) is 0 Å². The summed E-state index contributed by atoms with van der Waals surface area (Å²) < 4.78 is 0. The van der Waals surface area contributed by atoms with Gasteiger partial charge in [0, 0.05) is 18.0 Å². The number of carbonyl (C=O) groups is 1. The Bertz CT molecular complexity index is 712. The molecule has 1 heterocycles. The first kappa shape index (κ1) is 15.9. The van der Waals surface area contributed by atoms with Crippen LogP contribution in [0.15, 0.2) is 42.5 Å². The molecule has 0 unspecified atom stereocenters. The first-order valence-electron chi connectivity index (χ1n) is 7.87. The zero-order valence-corrected chi connectivity index (χ0v) is 14.6. The van der Waals surface area contributed by atoms with Gasteiger partial charge in [0.25, 0.3) is 0 Å². The Balaban J connectivity index is 1.78. The lowest BCUT2D eigenvalue weighted by Gasteiger charge is -2.25. The van der Waals surface area contributed by atoms with Crippen LogP contribution in [0.4, 0.5) is 10.5 Å². The molecule has 1 N–H and O–H groups in total. The van der Waals surface area contributed by atoms with Crippen molar-refractivity contribution in [2.45, 2.75) is 26.1 Å². The lowest BCUT2D eigenvalue weighted by Crippen LogP contribution is -2.34. The SMILES string of the molecule is Cc1ccc(NC(=O)N2CCS[C@H]2c2ccc(C)cc2C)cc1. The summed E-state index contributed by atoms with van der Waals surface area (Å²) in [5, 5.41) is 3.11. The molecule has 23 heavy (non-hydrogen) atoms. The van der Waals surface area contributed by atoms with Crippen molar-refractivity contribution in [2.24, 2.45) is 0 Å². The monoisotopic (exact) mass is 326 g/mol. The highest BCUT2D eigenvalue weighted by Crippen LogP contribution is 2.39. The lowest BCUT2D eigenvalue weighted by atomic mass is 10.1. The van der Waals surface area contributed by atoms with E-state index >= 15 is 0 Å². The number of hydrogen-bond acceptors (Lipinski definition) is 2. The summed E-state index contributed by atoms with van der Waals surface area (Å²) in [6.07, 6.45) is 0. The summed E-state index contributed by atoms with van der Waals surface area (Å²) in [4.78, 5) is 14.6. The van der Waals surface area contributed by atoms with E-state index in [1.165, 1.54) is 22.3 Å². The third-order valence-electron chi connectivity index (χ3n) is 4.15. The summed E-state index contributed by atoms with van der Waals surface area (Å²) in [6, 6.07) is 14.3. The Kier molecular flexibility index (Phi) is 4.62. The number of rotatable bonds is 2. The van der Waals surface area contributed by atoms with Crippen molar-refractivity contribution in [3.05, 3.63) is 64.7 Å². The maximum atomic E-state index is 12.7. The molecule has 0 aliphatic carbocycles. The van der Waals surface area contributed by atoms with Gasteiger partial charge in [0.15, 0.2) is 0 Å². The molecule has 0 bridgehead atoms. The maximum Gasteiger partial charge on any atom is 0.323 e. The Labute approximate surface area is 142 Å². The molecular formula is C19H22N2OS. The van der Waals surface area contributed by atoms with Crippen LogP contribution < -0.4 is 5.32 Å². The highest BCUT2D eigenvalue weighted by Gasteiger charge is 2.31. The Morgan fingerprint density at radius 1 is 1.09 bits per heavy atom. The van der Waals surface area contributed by atoms with Gasteiger partial charge in [0.1, 0.15) is 5.37 Å². The fourth-order valence-electron chi connectivity index (χ4n) is 2.87. The average Bonchev–Trinajstić information content (AvgIpc) is 2.99. The molecule has 0 spiro atoms. The van der Waals surface area contributed by atoms with E-state index in [1.807, 2.05) is 47.9 Å². The standard InChI is InChI=1S/C19H22N2OS/c1-13-4-7-16(8-5-13)20-19(22)21-10-11-23-18(21)17-9-6-14(2)12-15(17)3/h4-9,12,18H,10-11H2,1-3H3,(H,20,22)/t18-/m0/s1. The number of anilines is 1. The molecule has 1 fully saturated rings. The summed E-state index contributed by atoms with van der Waals surface area (Å²) >= 11 is 1.83. The van der Waals surface area contributed by atoms with Gasteiger partial charge < -0.3 is 10.2 Å². The molecule has 0 aromatic heterocycles. The van der Waals surface area contributed by atoms with E-state index < -0.39 is 0 Å². The predicted octanol–water partition coefficient (Wildman–Crippen LogP) is 4.89. The van der Waals surface area contributed by atoms with Gasteiger partial charge in [-0.1, -0.05) is 41.5 Å². The van der Waals surface area contributed by atoms with E-state index in [1.54, 1.807) is 0 Å². The zero-order chi connectivity index (χ0) is 16.4. The molecule has 120 valence electrons. The van der Waals surface area contributed by atoms with Gasteiger partial charge in [-0.15, -0.1) is 11.8 Å². The lowest BCUT2D eigenvalue weighted by molar-refractivity contribution is 0.214. The predicted molar refractivity (Wildman–Crippen MR) is 98.0 cm³/mol.